The summed E-state index contributed by atoms with van der Waals surface area (Å²) in [4.78, 5) is 23.5. The van der Waals surface area contributed by atoms with Crippen molar-refractivity contribution in [2.24, 2.45) is 5.73 Å². The summed E-state index contributed by atoms with van der Waals surface area (Å²) in [7, 11) is -3.71. The van der Waals surface area contributed by atoms with Crippen LogP contribution in [-0.4, -0.2) is 36.6 Å². The highest BCUT2D eigenvalue weighted by molar-refractivity contribution is 7.89. The van der Waals surface area contributed by atoms with Gasteiger partial charge in [0.25, 0.3) is 5.91 Å². The van der Waals surface area contributed by atoms with Gasteiger partial charge in [0.15, 0.2) is 0 Å². The van der Waals surface area contributed by atoms with Crippen molar-refractivity contribution >= 4 is 21.8 Å². The smallest absolute Gasteiger partial charge is 0.251 e. The number of nitrogens with zero attached hydrogens (tertiary/aromatic N) is 1. The monoisotopic (exact) mass is 413 g/mol. The third kappa shape index (κ3) is 4.49. The molecule has 7 nitrogen and oxygen atoms in total. The first-order valence-electron chi connectivity index (χ1n) is 9.66. The van der Waals surface area contributed by atoms with Crippen molar-refractivity contribution < 1.29 is 18.0 Å². The second-order valence-corrected chi connectivity index (χ2v) is 9.51. The molecule has 2 aromatic carbocycles. The summed E-state index contributed by atoms with van der Waals surface area (Å²) in [5.74, 6) is -0.695. The third-order valence-electron chi connectivity index (χ3n) is 5.17. The fourth-order valence-corrected chi connectivity index (χ4v) is 4.81. The van der Waals surface area contributed by atoms with Gasteiger partial charge in [0, 0.05) is 29.8 Å². The van der Waals surface area contributed by atoms with E-state index in [1.807, 2.05) is 0 Å². The molecule has 0 bridgehead atoms. The number of carbonyl (C=O) groups is 2. The first kappa shape index (κ1) is 19.6. The lowest BCUT2D eigenvalue weighted by Crippen LogP contribution is -2.32. The maximum atomic E-state index is 13.1. The molecule has 2 fully saturated rings. The standard InChI is InChI=1S/C21H23N3O4S/c22-20(25)15-5-11-19(12-6-15)29(27,28)24(18-9-10-18)13-14-1-3-16(4-2-14)21(26)23-17-7-8-17/h1-6,11-12,17-18H,7-10,13H2,(H2,22,25)(H,23,26). The van der Waals surface area contributed by atoms with Crippen LogP contribution in [0.2, 0.25) is 0 Å². The normalized spacial score (nSPS) is 16.6. The number of nitrogens with two attached hydrogens (primary N) is 1. The van der Waals surface area contributed by atoms with Gasteiger partial charge in [-0.15, -0.1) is 0 Å². The minimum Gasteiger partial charge on any atom is -0.366 e. The van der Waals surface area contributed by atoms with Crippen molar-refractivity contribution in [1.82, 2.24) is 9.62 Å². The largest absolute Gasteiger partial charge is 0.366 e. The van der Waals surface area contributed by atoms with Gasteiger partial charge in [-0.2, -0.15) is 4.31 Å². The Bertz CT molecular complexity index is 1020. The topological polar surface area (TPSA) is 110 Å². The second-order valence-electron chi connectivity index (χ2n) is 7.61. The van der Waals surface area contributed by atoms with E-state index in [9.17, 15) is 18.0 Å². The highest BCUT2D eigenvalue weighted by atomic mass is 32.2. The molecule has 152 valence electrons. The summed E-state index contributed by atoms with van der Waals surface area (Å²) in [6.07, 6.45) is 3.69. The molecule has 3 N–H and O–H groups in total. The Morgan fingerprint density at radius 3 is 2.03 bits per heavy atom. The van der Waals surface area contributed by atoms with Crippen molar-refractivity contribution in [3.05, 3.63) is 65.2 Å². The van der Waals surface area contributed by atoms with Crippen molar-refractivity contribution in [3.8, 4) is 0 Å². The number of nitrogens with one attached hydrogen (secondary N) is 1. The van der Waals surface area contributed by atoms with E-state index in [2.05, 4.69) is 5.32 Å². The van der Waals surface area contributed by atoms with E-state index in [0.717, 1.165) is 31.2 Å². The van der Waals surface area contributed by atoms with E-state index >= 15 is 0 Å². The number of sulfonamides is 1. The molecule has 2 saturated carbocycles. The summed E-state index contributed by atoms with van der Waals surface area (Å²) in [6, 6.07) is 13.0. The maximum absolute atomic E-state index is 13.1. The average Bonchev–Trinajstić information content (AvgIpc) is 3.61. The molecular weight excluding hydrogens is 390 g/mol. The summed E-state index contributed by atoms with van der Waals surface area (Å²) < 4.78 is 27.8. The first-order chi connectivity index (χ1) is 13.8. The van der Waals surface area contributed by atoms with Crippen LogP contribution >= 0.6 is 0 Å². The zero-order valence-electron chi connectivity index (χ0n) is 15.9. The number of benzene rings is 2. The molecule has 4 rings (SSSR count). The first-order valence-corrected chi connectivity index (χ1v) is 11.1. The molecule has 0 atom stereocenters. The van der Waals surface area contributed by atoms with E-state index in [1.165, 1.54) is 28.6 Å². The van der Waals surface area contributed by atoms with Gasteiger partial charge in [0.05, 0.1) is 4.90 Å². The van der Waals surface area contributed by atoms with E-state index < -0.39 is 15.9 Å². The molecule has 2 amide bonds. The molecule has 0 saturated heterocycles. The minimum absolute atomic E-state index is 0.0336. The zero-order chi connectivity index (χ0) is 20.6. The van der Waals surface area contributed by atoms with Gasteiger partial charge in [-0.3, -0.25) is 9.59 Å². The van der Waals surface area contributed by atoms with E-state index in [4.69, 9.17) is 5.73 Å². The van der Waals surface area contributed by atoms with E-state index in [-0.39, 0.29) is 29.0 Å². The molecule has 0 heterocycles. The van der Waals surface area contributed by atoms with Crippen molar-refractivity contribution in [1.29, 1.82) is 0 Å². The Balaban J connectivity index is 1.51. The van der Waals surface area contributed by atoms with Gasteiger partial charge < -0.3 is 11.1 Å². The van der Waals surface area contributed by atoms with Crippen LogP contribution in [0.15, 0.2) is 53.4 Å². The molecule has 2 aliphatic rings. The number of hydrogen-bond acceptors (Lipinski definition) is 4. The van der Waals surface area contributed by atoms with Crippen LogP contribution in [0.5, 0.6) is 0 Å². The molecule has 0 spiro atoms. The highest BCUT2D eigenvalue weighted by Crippen LogP contribution is 2.33. The predicted molar refractivity (Wildman–Crippen MR) is 108 cm³/mol. The van der Waals surface area contributed by atoms with Crippen molar-refractivity contribution in [2.45, 2.75) is 49.2 Å². The molecule has 8 heteroatoms. The molecule has 2 aliphatic carbocycles. The lowest BCUT2D eigenvalue weighted by Gasteiger charge is -2.22. The Kier molecular flexibility index (Phi) is 5.14. The van der Waals surface area contributed by atoms with Gasteiger partial charge in [-0.25, -0.2) is 8.42 Å². The number of primary amides is 1. The van der Waals surface area contributed by atoms with Crippen molar-refractivity contribution in [3.63, 3.8) is 0 Å². The zero-order valence-corrected chi connectivity index (χ0v) is 16.7. The summed E-state index contributed by atoms with van der Waals surface area (Å²) in [6.45, 7) is 0.231. The SMILES string of the molecule is NC(=O)c1ccc(S(=O)(=O)N(Cc2ccc(C(=O)NC3CC3)cc2)C2CC2)cc1. The fourth-order valence-electron chi connectivity index (χ4n) is 3.14. The fraction of sp³-hybridized carbons (Fsp3) is 0.333. The minimum atomic E-state index is -3.71. The Labute approximate surface area is 169 Å². The maximum Gasteiger partial charge on any atom is 0.251 e. The summed E-state index contributed by atoms with van der Waals surface area (Å²) >= 11 is 0. The number of rotatable bonds is 8. The van der Waals surface area contributed by atoms with Gasteiger partial charge >= 0.3 is 0 Å². The van der Waals surface area contributed by atoms with Crippen LogP contribution in [0.25, 0.3) is 0 Å². The Morgan fingerprint density at radius 1 is 0.931 bits per heavy atom. The van der Waals surface area contributed by atoms with Crippen LogP contribution in [0.4, 0.5) is 0 Å². The number of carbonyl (C=O) groups excluding carboxylic acids is 2. The van der Waals surface area contributed by atoms with Gasteiger partial charge in [-0.1, -0.05) is 12.1 Å². The quantitative estimate of drug-likeness (QED) is 0.690. The van der Waals surface area contributed by atoms with E-state index in [1.54, 1.807) is 24.3 Å². The van der Waals surface area contributed by atoms with Crippen LogP contribution in [-0.2, 0) is 16.6 Å². The third-order valence-corrected chi connectivity index (χ3v) is 7.08. The van der Waals surface area contributed by atoms with Gasteiger partial charge in [0.2, 0.25) is 15.9 Å². The van der Waals surface area contributed by atoms with Gasteiger partial charge in [0.1, 0.15) is 0 Å². The highest BCUT2D eigenvalue weighted by Gasteiger charge is 2.38. The second kappa shape index (κ2) is 7.61. The molecule has 0 aromatic heterocycles. The van der Waals surface area contributed by atoms with Crippen molar-refractivity contribution in [2.75, 3.05) is 0 Å². The lowest BCUT2D eigenvalue weighted by atomic mass is 10.1. The molecule has 0 unspecified atom stereocenters. The number of amides is 2. The average molecular weight is 413 g/mol. The van der Waals surface area contributed by atoms with Crippen LogP contribution in [0.3, 0.4) is 0 Å². The van der Waals surface area contributed by atoms with Crippen LogP contribution in [0.1, 0.15) is 52.0 Å². The molecular formula is C21H23N3O4S. The molecule has 0 radical (unpaired) electrons. The Hall–Kier alpha value is -2.71. The Morgan fingerprint density at radius 2 is 1.52 bits per heavy atom. The summed E-state index contributed by atoms with van der Waals surface area (Å²) in [5.41, 5.74) is 6.88. The molecule has 0 aliphatic heterocycles. The van der Waals surface area contributed by atoms with Crippen LogP contribution in [0, 0.1) is 0 Å². The lowest BCUT2D eigenvalue weighted by molar-refractivity contribution is 0.0949. The predicted octanol–water partition coefficient (Wildman–Crippen LogP) is 2.03. The molecule has 29 heavy (non-hydrogen) atoms. The van der Waals surface area contributed by atoms with E-state index in [0.29, 0.717) is 11.6 Å². The molecule has 2 aromatic rings. The number of hydrogen-bond donors (Lipinski definition) is 2. The van der Waals surface area contributed by atoms with Crippen LogP contribution < -0.4 is 11.1 Å². The van der Waals surface area contributed by atoms with Gasteiger partial charge in [-0.05, 0) is 67.6 Å². The summed E-state index contributed by atoms with van der Waals surface area (Å²) in [5, 5.41) is 2.94.